The highest BCUT2D eigenvalue weighted by molar-refractivity contribution is 7.92. The molecule has 1 amide bonds. The summed E-state index contributed by atoms with van der Waals surface area (Å²) in [4.78, 5) is 14.7. The molecule has 0 spiro atoms. The monoisotopic (exact) mass is 482 g/mol. The van der Waals surface area contributed by atoms with Gasteiger partial charge in [-0.3, -0.25) is 9.10 Å². The first-order valence-electron chi connectivity index (χ1n) is 10.6. The fraction of sp³-hybridized carbons (Fsp3) is 0.192. The van der Waals surface area contributed by atoms with Crippen molar-refractivity contribution < 1.29 is 13.2 Å². The molecule has 0 saturated carbocycles. The average molecular weight is 483 g/mol. The van der Waals surface area contributed by atoms with Crippen LogP contribution in [0, 0.1) is 0 Å². The molecular weight excluding hydrogens is 456 g/mol. The molecule has 0 heterocycles. The van der Waals surface area contributed by atoms with Crippen molar-refractivity contribution in [3.05, 3.63) is 107 Å². The summed E-state index contributed by atoms with van der Waals surface area (Å²) in [6, 6.07) is 22.2. The lowest BCUT2D eigenvalue weighted by Crippen LogP contribution is -2.33. The van der Waals surface area contributed by atoms with Crippen molar-refractivity contribution in [2.24, 2.45) is 0 Å². The van der Waals surface area contributed by atoms with Crippen molar-refractivity contribution in [1.29, 1.82) is 0 Å². The molecule has 3 aromatic carbocycles. The first kappa shape index (κ1) is 24.6. The van der Waals surface area contributed by atoms with E-state index in [2.05, 4.69) is 6.58 Å². The number of hydrogen-bond acceptors (Lipinski definition) is 3. The summed E-state index contributed by atoms with van der Waals surface area (Å²) >= 11 is 6.39. The van der Waals surface area contributed by atoms with Crippen LogP contribution in [-0.2, 0) is 16.6 Å². The summed E-state index contributed by atoms with van der Waals surface area (Å²) < 4.78 is 28.9. The minimum absolute atomic E-state index is 0.0237. The molecule has 0 N–H and O–H groups in total. The highest BCUT2D eigenvalue weighted by Crippen LogP contribution is 2.32. The number of hydrogen-bond donors (Lipinski definition) is 0. The molecule has 0 atom stereocenters. The van der Waals surface area contributed by atoms with Gasteiger partial charge in [-0.05, 0) is 49.7 Å². The summed E-state index contributed by atoms with van der Waals surface area (Å²) in [7, 11) is -4.03. The minimum atomic E-state index is -4.03. The van der Waals surface area contributed by atoms with Gasteiger partial charge in [-0.1, -0.05) is 72.3 Å². The summed E-state index contributed by atoms with van der Waals surface area (Å²) in [6.07, 6.45) is 0. The first-order valence-corrected chi connectivity index (χ1v) is 12.4. The normalized spacial score (nSPS) is 11.1. The fourth-order valence-electron chi connectivity index (χ4n) is 3.46. The molecule has 3 rings (SSSR count). The molecule has 0 saturated heterocycles. The highest BCUT2D eigenvalue weighted by atomic mass is 35.5. The van der Waals surface area contributed by atoms with Crippen molar-refractivity contribution in [2.75, 3.05) is 17.4 Å². The Hall–Kier alpha value is -3.09. The molecule has 0 radical (unpaired) electrons. The van der Waals surface area contributed by atoms with Gasteiger partial charge in [0, 0.05) is 18.7 Å². The molecule has 5 nitrogen and oxygen atoms in total. The zero-order valence-corrected chi connectivity index (χ0v) is 20.3. The summed E-state index contributed by atoms with van der Waals surface area (Å²) in [5.74, 6) is -0.245. The second kappa shape index (κ2) is 10.7. The van der Waals surface area contributed by atoms with Crippen molar-refractivity contribution in [3.8, 4) is 0 Å². The number of anilines is 1. The molecular formula is C26H27ClN2O3S. The number of para-hydroxylation sites is 1. The molecule has 0 aliphatic heterocycles. The van der Waals surface area contributed by atoms with E-state index >= 15 is 0 Å². The van der Waals surface area contributed by atoms with Crippen LogP contribution in [-0.4, -0.2) is 32.3 Å². The van der Waals surface area contributed by atoms with Gasteiger partial charge in [-0.2, -0.15) is 0 Å². The van der Waals surface area contributed by atoms with Gasteiger partial charge in [0.2, 0.25) is 0 Å². The first-order chi connectivity index (χ1) is 15.7. The van der Waals surface area contributed by atoms with E-state index in [0.717, 1.165) is 11.1 Å². The molecule has 7 heteroatoms. The van der Waals surface area contributed by atoms with E-state index in [1.807, 2.05) is 44.2 Å². The van der Waals surface area contributed by atoms with Gasteiger partial charge in [-0.15, -0.1) is 0 Å². The molecule has 0 fully saturated rings. The Labute approximate surface area is 201 Å². The van der Waals surface area contributed by atoms with Crippen molar-refractivity contribution in [2.45, 2.75) is 25.3 Å². The smallest absolute Gasteiger partial charge is 0.264 e. The van der Waals surface area contributed by atoms with E-state index < -0.39 is 10.0 Å². The van der Waals surface area contributed by atoms with Crippen LogP contribution in [0.1, 0.15) is 29.8 Å². The van der Waals surface area contributed by atoms with Gasteiger partial charge in [0.1, 0.15) is 0 Å². The number of rotatable bonds is 9. The van der Waals surface area contributed by atoms with Gasteiger partial charge in [-0.25, -0.2) is 8.42 Å². The number of carbonyl (C=O) groups is 1. The maximum absolute atomic E-state index is 13.8. The number of benzene rings is 3. The van der Waals surface area contributed by atoms with Crippen molar-refractivity contribution in [3.63, 3.8) is 0 Å². The Bertz CT molecular complexity index is 1240. The number of likely N-dealkylation sites (N-methyl/N-ethyl adjacent to an activating group) is 1. The summed E-state index contributed by atoms with van der Waals surface area (Å²) in [5.41, 5.74) is 2.34. The van der Waals surface area contributed by atoms with Crippen LogP contribution < -0.4 is 4.31 Å². The van der Waals surface area contributed by atoms with Gasteiger partial charge >= 0.3 is 0 Å². The number of sulfonamides is 1. The van der Waals surface area contributed by atoms with Crippen LogP contribution in [0.5, 0.6) is 0 Å². The Kier molecular flexibility index (Phi) is 7.95. The number of nitrogens with zero attached hydrogens (tertiary/aromatic N) is 2. The quantitative estimate of drug-likeness (QED) is 0.363. The third-order valence-corrected chi connectivity index (χ3v) is 7.16. The topological polar surface area (TPSA) is 57.7 Å². The largest absolute Gasteiger partial charge is 0.335 e. The fourth-order valence-corrected chi connectivity index (χ4v) is 5.26. The Morgan fingerprint density at radius 1 is 0.970 bits per heavy atom. The van der Waals surface area contributed by atoms with E-state index in [4.69, 9.17) is 11.6 Å². The minimum Gasteiger partial charge on any atom is -0.335 e. The number of carbonyl (C=O) groups excluding carboxylic acids is 1. The van der Waals surface area contributed by atoms with Gasteiger partial charge in [0.05, 0.1) is 22.2 Å². The third kappa shape index (κ3) is 5.83. The van der Waals surface area contributed by atoms with Crippen LogP contribution in [0.15, 0.2) is 95.9 Å². The maximum atomic E-state index is 13.8. The Morgan fingerprint density at radius 3 is 2.27 bits per heavy atom. The maximum Gasteiger partial charge on any atom is 0.264 e. The lowest BCUT2D eigenvalue weighted by Gasteiger charge is -2.26. The highest BCUT2D eigenvalue weighted by Gasteiger charge is 2.28. The van der Waals surface area contributed by atoms with Crippen LogP contribution in [0.3, 0.4) is 0 Å². The van der Waals surface area contributed by atoms with E-state index in [-0.39, 0.29) is 17.3 Å². The SMILES string of the molecule is C=C(C)CN(CC)C(=O)c1cccc(S(=O)(=O)N(Cc2ccccc2)c2ccccc2Cl)c1. The molecule has 0 aliphatic carbocycles. The van der Waals surface area contributed by atoms with Crippen LogP contribution in [0.25, 0.3) is 0 Å². The summed E-state index contributed by atoms with van der Waals surface area (Å²) in [6.45, 7) is 8.59. The van der Waals surface area contributed by atoms with Gasteiger partial charge in [0.15, 0.2) is 0 Å². The van der Waals surface area contributed by atoms with E-state index in [1.165, 1.54) is 16.4 Å². The van der Waals surface area contributed by atoms with Gasteiger partial charge < -0.3 is 4.90 Å². The standard InChI is InChI=1S/C26H27ClN2O3S/c1-4-28(18-20(2)3)26(30)22-13-10-14-23(17-22)33(31,32)29(19-21-11-6-5-7-12-21)25-16-9-8-15-24(25)27/h5-17H,2,4,18-19H2,1,3H3. The van der Waals surface area contributed by atoms with Crippen LogP contribution >= 0.6 is 11.6 Å². The molecule has 172 valence electrons. The lowest BCUT2D eigenvalue weighted by atomic mass is 10.2. The second-order valence-electron chi connectivity index (χ2n) is 7.75. The number of halogens is 1. The molecule has 33 heavy (non-hydrogen) atoms. The Morgan fingerprint density at radius 2 is 1.64 bits per heavy atom. The van der Waals surface area contributed by atoms with E-state index in [1.54, 1.807) is 41.3 Å². The third-order valence-electron chi connectivity index (χ3n) is 5.09. The lowest BCUT2D eigenvalue weighted by molar-refractivity contribution is 0.0778. The Balaban J connectivity index is 2.05. The van der Waals surface area contributed by atoms with Crippen LogP contribution in [0.4, 0.5) is 5.69 Å². The van der Waals surface area contributed by atoms with Crippen LogP contribution in [0.2, 0.25) is 5.02 Å². The predicted molar refractivity (Wildman–Crippen MR) is 134 cm³/mol. The van der Waals surface area contributed by atoms with Crippen molar-refractivity contribution >= 4 is 33.2 Å². The van der Waals surface area contributed by atoms with Crippen molar-refractivity contribution in [1.82, 2.24) is 4.90 Å². The zero-order chi connectivity index (χ0) is 24.0. The van der Waals surface area contributed by atoms with E-state index in [9.17, 15) is 13.2 Å². The molecule has 0 aliphatic rings. The predicted octanol–water partition coefficient (Wildman–Crippen LogP) is 5.77. The zero-order valence-electron chi connectivity index (χ0n) is 18.7. The average Bonchev–Trinajstić information content (AvgIpc) is 2.81. The number of amides is 1. The molecule has 0 unspecified atom stereocenters. The summed E-state index contributed by atoms with van der Waals surface area (Å²) in [5, 5.41) is 0.322. The van der Waals surface area contributed by atoms with Gasteiger partial charge in [0.25, 0.3) is 15.9 Å². The molecule has 0 bridgehead atoms. The van der Waals surface area contributed by atoms with E-state index in [0.29, 0.717) is 29.4 Å². The second-order valence-corrected chi connectivity index (χ2v) is 10.0. The molecule has 0 aromatic heterocycles. The molecule has 3 aromatic rings.